The smallest absolute Gasteiger partial charge is 0.227 e. The van der Waals surface area contributed by atoms with Crippen LogP contribution in [0.15, 0.2) is 18.2 Å². The summed E-state index contributed by atoms with van der Waals surface area (Å²) in [6.45, 7) is 6.89. The zero-order valence-corrected chi connectivity index (χ0v) is 15.3. The van der Waals surface area contributed by atoms with Crippen LogP contribution in [0, 0.1) is 6.92 Å². The molecule has 1 rings (SSSR count). The van der Waals surface area contributed by atoms with Crippen LogP contribution in [0.2, 0.25) is 0 Å². The Balaban J connectivity index is 2.84. The Hall–Kier alpha value is -1.39. The quantitative estimate of drug-likeness (QED) is 0.729. The molecule has 0 radical (unpaired) electrons. The van der Waals surface area contributed by atoms with Crippen molar-refractivity contribution < 1.29 is 9.90 Å². The minimum absolute atomic E-state index is 0.113. The van der Waals surface area contributed by atoms with Gasteiger partial charge in [0.25, 0.3) is 0 Å². The first-order valence-electron chi connectivity index (χ1n) is 8.56. The van der Waals surface area contributed by atoms with Crippen molar-refractivity contribution in [2.24, 2.45) is 0 Å². The third-order valence-electron chi connectivity index (χ3n) is 3.94. The number of anilines is 1. The molecular weight excluding hydrogens is 288 g/mol. The van der Waals surface area contributed by atoms with Crippen LogP contribution < -0.4 is 5.32 Å². The maximum atomic E-state index is 12.4. The Kier molecular flexibility index (Phi) is 7.73. The summed E-state index contributed by atoms with van der Waals surface area (Å²) in [5.74, 6) is -0.113. The molecular formula is C19H32N2O2. The number of amides is 1. The Bertz CT molecular complexity index is 506. The summed E-state index contributed by atoms with van der Waals surface area (Å²) in [5, 5.41) is 13.6. The highest BCUT2D eigenvalue weighted by Gasteiger charge is 2.28. The molecule has 0 fully saturated rings. The first-order chi connectivity index (χ1) is 10.8. The molecule has 0 atom stereocenters. The zero-order valence-electron chi connectivity index (χ0n) is 15.3. The van der Waals surface area contributed by atoms with Gasteiger partial charge in [-0.1, -0.05) is 44.4 Å². The number of hydrogen-bond acceptors (Lipinski definition) is 3. The highest BCUT2D eigenvalue weighted by atomic mass is 16.3. The van der Waals surface area contributed by atoms with Crippen molar-refractivity contribution in [3.8, 4) is 0 Å². The Labute approximate surface area is 140 Å². The molecule has 130 valence electrons. The molecule has 0 saturated carbocycles. The lowest BCUT2D eigenvalue weighted by Crippen LogP contribution is -2.34. The fourth-order valence-electron chi connectivity index (χ4n) is 3.04. The van der Waals surface area contributed by atoms with Gasteiger partial charge in [0.1, 0.15) is 0 Å². The number of rotatable bonds is 9. The number of carbonyl (C=O) groups excluding carboxylic acids is 1. The van der Waals surface area contributed by atoms with Gasteiger partial charge in [-0.2, -0.15) is 0 Å². The van der Waals surface area contributed by atoms with E-state index < -0.39 is 5.60 Å². The number of aryl methyl sites for hydroxylation is 1. The molecule has 0 spiro atoms. The van der Waals surface area contributed by atoms with Crippen molar-refractivity contribution in [2.75, 3.05) is 19.4 Å². The van der Waals surface area contributed by atoms with E-state index in [-0.39, 0.29) is 12.3 Å². The van der Waals surface area contributed by atoms with E-state index in [0.717, 1.165) is 30.6 Å². The van der Waals surface area contributed by atoms with Gasteiger partial charge in [-0.05, 0) is 45.5 Å². The van der Waals surface area contributed by atoms with Crippen LogP contribution in [0.3, 0.4) is 0 Å². The zero-order chi connectivity index (χ0) is 17.5. The van der Waals surface area contributed by atoms with E-state index in [1.165, 1.54) is 5.56 Å². The molecule has 0 aliphatic carbocycles. The molecule has 1 aromatic carbocycles. The van der Waals surface area contributed by atoms with E-state index in [1.54, 1.807) is 0 Å². The summed E-state index contributed by atoms with van der Waals surface area (Å²) in [7, 11) is 4.02. The topological polar surface area (TPSA) is 52.6 Å². The van der Waals surface area contributed by atoms with Gasteiger partial charge in [0.2, 0.25) is 5.91 Å². The molecule has 2 N–H and O–H groups in total. The third kappa shape index (κ3) is 6.71. The maximum Gasteiger partial charge on any atom is 0.227 e. The van der Waals surface area contributed by atoms with E-state index in [1.807, 2.05) is 47.0 Å². The van der Waals surface area contributed by atoms with E-state index in [4.69, 9.17) is 0 Å². The number of nitrogens with one attached hydrogen (secondary N) is 1. The fraction of sp³-hybridized carbons (Fsp3) is 0.632. The lowest BCUT2D eigenvalue weighted by molar-refractivity contribution is -0.121. The molecule has 0 aliphatic rings. The van der Waals surface area contributed by atoms with Gasteiger partial charge < -0.3 is 15.3 Å². The first-order valence-corrected chi connectivity index (χ1v) is 8.56. The Morgan fingerprint density at radius 3 is 2.35 bits per heavy atom. The largest absolute Gasteiger partial charge is 0.389 e. The van der Waals surface area contributed by atoms with Crippen molar-refractivity contribution in [1.82, 2.24) is 4.90 Å². The lowest BCUT2D eigenvalue weighted by atomic mass is 9.89. The van der Waals surface area contributed by atoms with Crippen molar-refractivity contribution in [2.45, 2.75) is 65.0 Å². The van der Waals surface area contributed by atoms with Crippen LogP contribution in [-0.2, 0) is 11.3 Å². The van der Waals surface area contributed by atoms with Gasteiger partial charge >= 0.3 is 0 Å². The van der Waals surface area contributed by atoms with Crippen LogP contribution in [0.5, 0.6) is 0 Å². The molecule has 4 heteroatoms. The van der Waals surface area contributed by atoms with Crippen molar-refractivity contribution in [1.29, 1.82) is 0 Å². The number of carbonyl (C=O) groups is 1. The van der Waals surface area contributed by atoms with Gasteiger partial charge in [0.15, 0.2) is 0 Å². The Morgan fingerprint density at radius 2 is 1.83 bits per heavy atom. The average Bonchev–Trinajstić information content (AvgIpc) is 2.41. The minimum Gasteiger partial charge on any atom is -0.389 e. The standard InChI is InChI=1S/C19H32N2O2/c1-6-10-19(23,11-7-2)13-18(22)20-17-9-8-15(3)12-16(17)14-21(4)5/h8-9,12,23H,6-7,10-11,13-14H2,1-5H3,(H,20,22). The molecule has 4 nitrogen and oxygen atoms in total. The molecule has 1 amide bonds. The van der Waals surface area contributed by atoms with Gasteiger partial charge in [-0.15, -0.1) is 0 Å². The normalized spacial score (nSPS) is 11.8. The maximum absolute atomic E-state index is 12.4. The summed E-state index contributed by atoms with van der Waals surface area (Å²) in [6.07, 6.45) is 3.23. The molecule has 0 unspecified atom stereocenters. The first kappa shape index (κ1) is 19.7. The lowest BCUT2D eigenvalue weighted by Gasteiger charge is -2.27. The highest BCUT2D eigenvalue weighted by molar-refractivity contribution is 5.92. The van der Waals surface area contributed by atoms with Crippen LogP contribution in [0.1, 0.15) is 57.1 Å². The van der Waals surface area contributed by atoms with Crippen LogP contribution in [0.4, 0.5) is 5.69 Å². The molecule has 0 aliphatic heterocycles. The van der Waals surface area contributed by atoms with E-state index in [9.17, 15) is 9.90 Å². The van der Waals surface area contributed by atoms with E-state index >= 15 is 0 Å². The second-order valence-electron chi connectivity index (χ2n) is 6.85. The molecule has 0 saturated heterocycles. The summed E-state index contributed by atoms with van der Waals surface area (Å²) in [4.78, 5) is 14.5. The monoisotopic (exact) mass is 320 g/mol. The fourth-order valence-corrected chi connectivity index (χ4v) is 3.04. The van der Waals surface area contributed by atoms with Crippen molar-refractivity contribution in [3.05, 3.63) is 29.3 Å². The molecule has 23 heavy (non-hydrogen) atoms. The van der Waals surface area contributed by atoms with E-state index in [2.05, 4.69) is 16.3 Å². The summed E-state index contributed by atoms with van der Waals surface area (Å²) in [5.41, 5.74) is 2.22. The third-order valence-corrected chi connectivity index (χ3v) is 3.94. The predicted molar refractivity (Wildman–Crippen MR) is 96.6 cm³/mol. The predicted octanol–water partition coefficient (Wildman–Crippen LogP) is 3.72. The SMILES string of the molecule is CCCC(O)(CCC)CC(=O)Nc1ccc(C)cc1CN(C)C. The second kappa shape index (κ2) is 9.04. The van der Waals surface area contributed by atoms with Gasteiger partial charge in [-0.25, -0.2) is 0 Å². The number of aliphatic hydroxyl groups is 1. The van der Waals surface area contributed by atoms with Crippen molar-refractivity contribution in [3.63, 3.8) is 0 Å². The number of hydrogen-bond donors (Lipinski definition) is 2. The number of nitrogens with zero attached hydrogens (tertiary/aromatic N) is 1. The average molecular weight is 320 g/mol. The van der Waals surface area contributed by atoms with Crippen LogP contribution >= 0.6 is 0 Å². The van der Waals surface area contributed by atoms with Gasteiger partial charge in [0, 0.05) is 12.2 Å². The summed E-state index contributed by atoms with van der Waals surface area (Å²) < 4.78 is 0. The van der Waals surface area contributed by atoms with E-state index in [0.29, 0.717) is 12.8 Å². The molecule has 0 bridgehead atoms. The van der Waals surface area contributed by atoms with Crippen LogP contribution in [0.25, 0.3) is 0 Å². The molecule has 0 heterocycles. The van der Waals surface area contributed by atoms with Crippen molar-refractivity contribution >= 4 is 11.6 Å². The molecule has 0 aromatic heterocycles. The van der Waals surface area contributed by atoms with Crippen LogP contribution in [-0.4, -0.2) is 35.6 Å². The Morgan fingerprint density at radius 1 is 1.22 bits per heavy atom. The highest BCUT2D eigenvalue weighted by Crippen LogP contribution is 2.25. The summed E-state index contributed by atoms with van der Waals surface area (Å²) >= 11 is 0. The minimum atomic E-state index is -0.889. The second-order valence-corrected chi connectivity index (χ2v) is 6.85. The molecule has 1 aromatic rings. The van der Waals surface area contributed by atoms with Gasteiger partial charge in [-0.3, -0.25) is 4.79 Å². The summed E-state index contributed by atoms with van der Waals surface area (Å²) in [6, 6.07) is 6.05. The number of benzene rings is 1. The van der Waals surface area contributed by atoms with Gasteiger partial charge in [0.05, 0.1) is 12.0 Å².